The smallest absolute Gasteiger partial charge is 0.263 e. The summed E-state index contributed by atoms with van der Waals surface area (Å²) in [6, 6.07) is 5.14. The zero-order valence-corrected chi connectivity index (χ0v) is 12.8. The maximum absolute atomic E-state index is 12.3. The van der Waals surface area contributed by atoms with Gasteiger partial charge < -0.3 is 15.4 Å². The fraction of sp³-hybridized carbons (Fsp3) is 0.500. The monoisotopic (exact) mass is 316 g/mol. The zero-order valence-electron chi connectivity index (χ0n) is 11.3. The Hall–Kier alpha value is -0.970. The molecule has 2 N–H and O–H groups in total. The molecular weight excluding hydrogens is 299 g/mol. The lowest BCUT2D eigenvalue weighted by Crippen LogP contribution is -2.47. The van der Waals surface area contributed by atoms with Crippen LogP contribution >= 0.6 is 23.2 Å². The van der Waals surface area contributed by atoms with Crippen molar-refractivity contribution in [1.82, 2.24) is 4.90 Å². The first-order valence-electron chi connectivity index (χ1n) is 6.63. The molecule has 0 aromatic heterocycles. The number of halogens is 2. The molecule has 1 fully saturated rings. The third-order valence-corrected chi connectivity index (χ3v) is 3.93. The molecule has 0 spiro atoms. The minimum Gasteiger partial charge on any atom is -0.479 e. The number of carbonyl (C=O) groups is 1. The van der Waals surface area contributed by atoms with Crippen molar-refractivity contribution in [1.29, 1.82) is 0 Å². The number of nitrogens with two attached hydrogens (primary N) is 1. The van der Waals surface area contributed by atoms with Gasteiger partial charge in [-0.2, -0.15) is 0 Å². The first kappa shape index (κ1) is 15.4. The van der Waals surface area contributed by atoms with Gasteiger partial charge in [-0.3, -0.25) is 4.79 Å². The van der Waals surface area contributed by atoms with Gasteiger partial charge in [-0.25, -0.2) is 0 Å². The SMILES string of the molecule is CC(Oc1ccc(Cl)cc1Cl)C(=O)N1CCC(N)CC1. The van der Waals surface area contributed by atoms with E-state index in [-0.39, 0.29) is 11.9 Å². The molecule has 1 aromatic rings. The molecule has 1 aliphatic rings. The Morgan fingerprint density at radius 1 is 1.40 bits per heavy atom. The Labute approximate surface area is 128 Å². The molecular formula is C14H18Cl2N2O2. The lowest BCUT2D eigenvalue weighted by atomic mass is 10.1. The molecule has 0 saturated carbocycles. The molecule has 2 rings (SSSR count). The second-order valence-corrected chi connectivity index (χ2v) is 5.84. The first-order chi connectivity index (χ1) is 9.47. The number of benzene rings is 1. The second kappa shape index (κ2) is 6.66. The highest BCUT2D eigenvalue weighted by Crippen LogP contribution is 2.28. The van der Waals surface area contributed by atoms with E-state index in [1.807, 2.05) is 0 Å². The van der Waals surface area contributed by atoms with Crippen LogP contribution in [0.1, 0.15) is 19.8 Å². The summed E-state index contributed by atoms with van der Waals surface area (Å²) in [5.41, 5.74) is 5.83. The Morgan fingerprint density at radius 2 is 2.05 bits per heavy atom. The number of amides is 1. The Bertz CT molecular complexity index is 488. The summed E-state index contributed by atoms with van der Waals surface area (Å²) in [7, 11) is 0. The molecule has 0 radical (unpaired) electrons. The van der Waals surface area contributed by atoms with E-state index < -0.39 is 6.10 Å². The van der Waals surface area contributed by atoms with E-state index >= 15 is 0 Å². The van der Waals surface area contributed by atoms with Crippen LogP contribution in [-0.4, -0.2) is 36.0 Å². The van der Waals surface area contributed by atoms with Gasteiger partial charge in [0.1, 0.15) is 5.75 Å². The number of ether oxygens (including phenoxy) is 1. The van der Waals surface area contributed by atoms with Crippen LogP contribution in [0.2, 0.25) is 10.0 Å². The van der Waals surface area contributed by atoms with E-state index in [0.29, 0.717) is 28.9 Å². The number of hydrogen-bond donors (Lipinski definition) is 1. The summed E-state index contributed by atoms with van der Waals surface area (Å²) in [6.07, 6.45) is 1.09. The third-order valence-electron chi connectivity index (χ3n) is 3.40. The highest BCUT2D eigenvalue weighted by Gasteiger charge is 2.26. The molecule has 1 amide bonds. The van der Waals surface area contributed by atoms with Crippen LogP contribution in [0.3, 0.4) is 0 Å². The Morgan fingerprint density at radius 3 is 2.65 bits per heavy atom. The summed E-state index contributed by atoms with van der Waals surface area (Å²) in [5.74, 6) is 0.425. The molecule has 1 aromatic carbocycles. The summed E-state index contributed by atoms with van der Waals surface area (Å²) < 4.78 is 5.63. The first-order valence-corrected chi connectivity index (χ1v) is 7.39. The summed E-state index contributed by atoms with van der Waals surface area (Å²) >= 11 is 11.9. The molecule has 110 valence electrons. The van der Waals surface area contributed by atoms with Crippen LogP contribution in [0, 0.1) is 0 Å². The van der Waals surface area contributed by atoms with Gasteiger partial charge in [0, 0.05) is 24.2 Å². The molecule has 1 heterocycles. The van der Waals surface area contributed by atoms with Gasteiger partial charge in [0.25, 0.3) is 5.91 Å². The molecule has 20 heavy (non-hydrogen) atoms. The predicted molar refractivity (Wildman–Crippen MR) is 80.3 cm³/mol. The number of likely N-dealkylation sites (tertiary alicyclic amines) is 1. The highest BCUT2D eigenvalue weighted by molar-refractivity contribution is 6.35. The van der Waals surface area contributed by atoms with E-state index in [2.05, 4.69) is 0 Å². The lowest BCUT2D eigenvalue weighted by molar-refractivity contribution is -0.139. The largest absolute Gasteiger partial charge is 0.479 e. The molecule has 1 atom stereocenters. The van der Waals surface area contributed by atoms with Crippen molar-refractivity contribution in [3.63, 3.8) is 0 Å². The van der Waals surface area contributed by atoms with Crippen LogP contribution in [0.25, 0.3) is 0 Å². The van der Waals surface area contributed by atoms with Crippen molar-refractivity contribution in [2.75, 3.05) is 13.1 Å². The molecule has 0 aliphatic carbocycles. The minimum absolute atomic E-state index is 0.0390. The molecule has 1 unspecified atom stereocenters. The Kier molecular flexibility index (Phi) is 5.13. The molecule has 1 saturated heterocycles. The summed E-state index contributed by atoms with van der Waals surface area (Å²) in [4.78, 5) is 14.1. The summed E-state index contributed by atoms with van der Waals surface area (Å²) in [5, 5.41) is 0.934. The van der Waals surface area contributed by atoms with E-state index in [0.717, 1.165) is 12.8 Å². The summed E-state index contributed by atoms with van der Waals surface area (Å²) in [6.45, 7) is 3.09. The van der Waals surface area contributed by atoms with Gasteiger partial charge in [0.2, 0.25) is 0 Å². The van der Waals surface area contributed by atoms with Gasteiger partial charge in [-0.15, -0.1) is 0 Å². The minimum atomic E-state index is -0.581. The second-order valence-electron chi connectivity index (χ2n) is 5.00. The molecule has 4 nitrogen and oxygen atoms in total. The average Bonchev–Trinajstić information content (AvgIpc) is 2.42. The van der Waals surface area contributed by atoms with Crippen molar-refractivity contribution in [2.45, 2.75) is 31.9 Å². The zero-order chi connectivity index (χ0) is 14.7. The van der Waals surface area contributed by atoms with Crippen molar-refractivity contribution in [3.8, 4) is 5.75 Å². The molecule has 0 bridgehead atoms. The normalized spacial score (nSPS) is 17.9. The van der Waals surface area contributed by atoms with E-state index in [1.54, 1.807) is 30.0 Å². The van der Waals surface area contributed by atoms with Crippen molar-refractivity contribution in [3.05, 3.63) is 28.2 Å². The van der Waals surface area contributed by atoms with Gasteiger partial charge in [-0.1, -0.05) is 23.2 Å². The predicted octanol–water partition coefficient (Wildman–Crippen LogP) is 2.71. The standard InChI is InChI=1S/C14H18Cl2N2O2/c1-9(14(19)18-6-4-11(17)5-7-18)20-13-3-2-10(15)8-12(13)16/h2-3,8-9,11H,4-7,17H2,1H3. The van der Waals surface area contributed by atoms with Crippen molar-refractivity contribution < 1.29 is 9.53 Å². The fourth-order valence-corrected chi connectivity index (χ4v) is 2.64. The van der Waals surface area contributed by atoms with Crippen molar-refractivity contribution in [2.24, 2.45) is 5.73 Å². The van der Waals surface area contributed by atoms with Crippen LogP contribution in [-0.2, 0) is 4.79 Å². The van der Waals surface area contributed by atoms with E-state index in [1.165, 1.54) is 0 Å². The quantitative estimate of drug-likeness (QED) is 0.932. The van der Waals surface area contributed by atoms with Crippen LogP contribution in [0.15, 0.2) is 18.2 Å². The number of rotatable bonds is 3. The molecule has 1 aliphatic heterocycles. The number of hydrogen-bond acceptors (Lipinski definition) is 3. The number of nitrogens with zero attached hydrogens (tertiary/aromatic N) is 1. The maximum Gasteiger partial charge on any atom is 0.263 e. The maximum atomic E-state index is 12.3. The van der Waals surface area contributed by atoms with Crippen LogP contribution in [0.4, 0.5) is 0 Å². The highest BCUT2D eigenvalue weighted by atomic mass is 35.5. The van der Waals surface area contributed by atoms with Gasteiger partial charge in [-0.05, 0) is 38.0 Å². The average molecular weight is 317 g/mol. The van der Waals surface area contributed by atoms with Crippen molar-refractivity contribution >= 4 is 29.1 Å². The van der Waals surface area contributed by atoms with Gasteiger partial charge in [0.05, 0.1) is 5.02 Å². The topological polar surface area (TPSA) is 55.6 Å². The van der Waals surface area contributed by atoms with E-state index in [4.69, 9.17) is 33.7 Å². The van der Waals surface area contributed by atoms with Gasteiger partial charge in [0.15, 0.2) is 6.10 Å². The van der Waals surface area contributed by atoms with Crippen LogP contribution < -0.4 is 10.5 Å². The lowest BCUT2D eigenvalue weighted by Gasteiger charge is -2.32. The van der Waals surface area contributed by atoms with Crippen LogP contribution in [0.5, 0.6) is 5.75 Å². The number of piperidine rings is 1. The van der Waals surface area contributed by atoms with Gasteiger partial charge >= 0.3 is 0 Å². The fourth-order valence-electron chi connectivity index (χ4n) is 2.19. The number of carbonyl (C=O) groups excluding carboxylic acids is 1. The van der Waals surface area contributed by atoms with E-state index in [9.17, 15) is 4.79 Å². The third kappa shape index (κ3) is 3.78. The molecule has 6 heteroatoms. The Balaban J connectivity index is 1.97.